The highest BCUT2D eigenvalue weighted by Crippen LogP contribution is 2.41. The maximum Gasteiger partial charge on any atom is 0.0335 e. The average molecular weight is 154 g/mol. The first-order valence-electron chi connectivity index (χ1n) is 4.75. The minimum atomic E-state index is 0.430. The molecule has 0 amide bonds. The average Bonchev–Trinajstić information content (AvgIpc) is 2.53. The van der Waals surface area contributed by atoms with Crippen molar-refractivity contribution in [3.8, 4) is 0 Å². The van der Waals surface area contributed by atoms with Crippen LogP contribution in [0.2, 0.25) is 0 Å². The van der Waals surface area contributed by atoms with E-state index in [0.717, 1.165) is 12.6 Å². The van der Waals surface area contributed by atoms with Gasteiger partial charge >= 0.3 is 0 Å². The Morgan fingerprint density at radius 2 is 2.36 bits per heavy atom. The third-order valence-electron chi connectivity index (χ3n) is 3.59. The molecule has 0 aromatic carbocycles. The Hall–Kier alpha value is -0.0800. The second-order valence-corrected chi connectivity index (χ2v) is 4.11. The Morgan fingerprint density at radius 3 is 3.00 bits per heavy atom. The fourth-order valence-corrected chi connectivity index (χ4v) is 2.87. The van der Waals surface area contributed by atoms with Crippen molar-refractivity contribution in [3.63, 3.8) is 0 Å². The number of fused-ring (bicyclic) bond motifs is 1. The maximum atomic E-state index is 5.83. The van der Waals surface area contributed by atoms with E-state index in [9.17, 15) is 0 Å². The third kappa shape index (κ3) is 0.926. The van der Waals surface area contributed by atoms with E-state index in [1.807, 2.05) is 0 Å². The lowest BCUT2D eigenvalue weighted by atomic mass is 9.94. The summed E-state index contributed by atoms with van der Waals surface area (Å²) in [6.07, 6.45) is 5.40. The molecule has 64 valence electrons. The monoisotopic (exact) mass is 154 g/mol. The van der Waals surface area contributed by atoms with Gasteiger partial charge in [-0.25, -0.2) is 0 Å². The highest BCUT2D eigenvalue weighted by Gasteiger charge is 2.46. The van der Waals surface area contributed by atoms with Crippen molar-refractivity contribution in [1.82, 2.24) is 4.90 Å². The topological polar surface area (TPSA) is 29.3 Å². The molecule has 2 N–H and O–H groups in total. The van der Waals surface area contributed by atoms with Gasteiger partial charge in [0.15, 0.2) is 0 Å². The van der Waals surface area contributed by atoms with Crippen LogP contribution >= 0.6 is 0 Å². The molecule has 2 nitrogen and oxygen atoms in total. The van der Waals surface area contributed by atoms with E-state index >= 15 is 0 Å². The van der Waals surface area contributed by atoms with Crippen LogP contribution in [-0.4, -0.2) is 29.6 Å². The second kappa shape index (κ2) is 2.46. The molecule has 2 heteroatoms. The predicted octanol–water partition coefficient (Wildman–Crippen LogP) is 0.962. The van der Waals surface area contributed by atoms with Crippen LogP contribution in [0.15, 0.2) is 0 Å². The van der Waals surface area contributed by atoms with Gasteiger partial charge in [0, 0.05) is 18.1 Å². The van der Waals surface area contributed by atoms with Crippen molar-refractivity contribution < 1.29 is 0 Å². The summed E-state index contributed by atoms with van der Waals surface area (Å²) in [7, 11) is 0. The van der Waals surface area contributed by atoms with E-state index in [1.165, 1.54) is 32.2 Å². The normalized spacial score (nSPS) is 44.7. The Morgan fingerprint density at radius 1 is 1.55 bits per heavy atom. The van der Waals surface area contributed by atoms with Gasteiger partial charge < -0.3 is 5.73 Å². The smallest absolute Gasteiger partial charge is 0.0335 e. The van der Waals surface area contributed by atoms with Gasteiger partial charge in [-0.15, -0.1) is 0 Å². The van der Waals surface area contributed by atoms with Crippen molar-refractivity contribution in [2.45, 2.75) is 44.2 Å². The maximum absolute atomic E-state index is 5.83. The van der Waals surface area contributed by atoms with E-state index in [0.29, 0.717) is 5.54 Å². The lowest BCUT2D eigenvalue weighted by molar-refractivity contribution is 0.165. The molecule has 0 aromatic heterocycles. The van der Waals surface area contributed by atoms with Crippen molar-refractivity contribution in [1.29, 1.82) is 0 Å². The van der Waals surface area contributed by atoms with Crippen LogP contribution in [-0.2, 0) is 0 Å². The molecule has 2 aliphatic heterocycles. The van der Waals surface area contributed by atoms with Gasteiger partial charge in [-0.1, -0.05) is 0 Å². The molecule has 2 rings (SSSR count). The largest absolute Gasteiger partial charge is 0.329 e. The van der Waals surface area contributed by atoms with Gasteiger partial charge in [-0.3, -0.25) is 4.90 Å². The highest BCUT2D eigenvalue weighted by molar-refractivity contribution is 5.03. The molecule has 0 radical (unpaired) electrons. The van der Waals surface area contributed by atoms with Crippen molar-refractivity contribution in [2.24, 2.45) is 5.73 Å². The zero-order valence-corrected chi connectivity index (χ0v) is 7.34. The molecule has 0 aromatic rings. The fraction of sp³-hybridized carbons (Fsp3) is 1.00. The minimum Gasteiger partial charge on any atom is -0.329 e. The first kappa shape index (κ1) is 7.56. The summed E-state index contributed by atoms with van der Waals surface area (Å²) in [5.74, 6) is 0. The van der Waals surface area contributed by atoms with E-state index in [1.54, 1.807) is 0 Å². The molecule has 2 aliphatic rings. The number of nitrogens with two attached hydrogens (primary N) is 1. The third-order valence-corrected chi connectivity index (χ3v) is 3.59. The van der Waals surface area contributed by atoms with E-state index < -0.39 is 0 Å². The lowest BCUT2D eigenvalue weighted by Gasteiger charge is -2.32. The quantitative estimate of drug-likeness (QED) is 0.609. The molecule has 2 atom stereocenters. The predicted molar refractivity (Wildman–Crippen MR) is 46.4 cm³/mol. The molecule has 2 fully saturated rings. The summed E-state index contributed by atoms with van der Waals surface area (Å²) >= 11 is 0. The fourth-order valence-electron chi connectivity index (χ4n) is 2.87. The molecule has 0 spiro atoms. The standard InChI is InChI=1S/C9H18N2/c1-8-3-5-9(7-10)4-2-6-11(8)9/h8H,2-7,10H2,1H3. The highest BCUT2D eigenvalue weighted by atomic mass is 15.3. The van der Waals surface area contributed by atoms with Crippen LogP contribution in [0.3, 0.4) is 0 Å². The summed E-state index contributed by atoms with van der Waals surface area (Å²) in [6.45, 7) is 4.50. The van der Waals surface area contributed by atoms with Gasteiger partial charge in [-0.2, -0.15) is 0 Å². The molecular formula is C9H18N2. The van der Waals surface area contributed by atoms with E-state index in [-0.39, 0.29) is 0 Å². The zero-order valence-electron chi connectivity index (χ0n) is 7.34. The van der Waals surface area contributed by atoms with Crippen molar-refractivity contribution in [3.05, 3.63) is 0 Å². The van der Waals surface area contributed by atoms with Crippen LogP contribution in [0.25, 0.3) is 0 Å². The van der Waals surface area contributed by atoms with Crippen molar-refractivity contribution in [2.75, 3.05) is 13.1 Å². The number of rotatable bonds is 1. The van der Waals surface area contributed by atoms with Gasteiger partial charge in [0.25, 0.3) is 0 Å². The number of hydrogen-bond acceptors (Lipinski definition) is 2. The van der Waals surface area contributed by atoms with Gasteiger partial charge in [0.1, 0.15) is 0 Å². The lowest BCUT2D eigenvalue weighted by Crippen LogP contribution is -2.46. The van der Waals surface area contributed by atoms with Crippen LogP contribution in [0.4, 0.5) is 0 Å². The number of nitrogens with zero attached hydrogens (tertiary/aromatic N) is 1. The Balaban J connectivity index is 2.18. The molecular weight excluding hydrogens is 136 g/mol. The Labute approximate surface area is 68.7 Å². The summed E-state index contributed by atoms with van der Waals surface area (Å²) in [6, 6.07) is 0.793. The van der Waals surface area contributed by atoms with Gasteiger partial charge in [0.05, 0.1) is 0 Å². The van der Waals surface area contributed by atoms with Gasteiger partial charge in [-0.05, 0) is 39.2 Å². The van der Waals surface area contributed by atoms with E-state index in [4.69, 9.17) is 5.73 Å². The van der Waals surface area contributed by atoms with Gasteiger partial charge in [0.2, 0.25) is 0 Å². The summed E-state index contributed by atoms with van der Waals surface area (Å²) in [4.78, 5) is 2.63. The molecule has 2 heterocycles. The molecule has 2 saturated heterocycles. The van der Waals surface area contributed by atoms with E-state index in [2.05, 4.69) is 11.8 Å². The number of hydrogen-bond donors (Lipinski definition) is 1. The van der Waals surface area contributed by atoms with Crippen LogP contribution in [0, 0.1) is 0 Å². The Kier molecular flexibility index (Phi) is 1.69. The Bertz CT molecular complexity index is 158. The van der Waals surface area contributed by atoms with Crippen LogP contribution < -0.4 is 5.73 Å². The van der Waals surface area contributed by atoms with Crippen LogP contribution in [0.5, 0.6) is 0 Å². The van der Waals surface area contributed by atoms with Crippen molar-refractivity contribution >= 4 is 0 Å². The molecule has 0 aliphatic carbocycles. The first-order valence-corrected chi connectivity index (χ1v) is 4.75. The van der Waals surface area contributed by atoms with Crippen LogP contribution in [0.1, 0.15) is 32.6 Å². The summed E-state index contributed by atoms with van der Waals surface area (Å²) < 4.78 is 0. The summed E-state index contributed by atoms with van der Waals surface area (Å²) in [5, 5.41) is 0. The molecule has 11 heavy (non-hydrogen) atoms. The molecule has 0 saturated carbocycles. The SMILES string of the molecule is CC1CCC2(CN)CCCN12. The summed E-state index contributed by atoms with van der Waals surface area (Å²) in [5.41, 5.74) is 6.26. The molecule has 2 unspecified atom stereocenters. The first-order chi connectivity index (χ1) is 5.28. The molecule has 0 bridgehead atoms. The minimum absolute atomic E-state index is 0.430. The zero-order chi connectivity index (χ0) is 7.90. The second-order valence-electron chi connectivity index (χ2n) is 4.11.